The summed E-state index contributed by atoms with van der Waals surface area (Å²) in [5.74, 6) is 0.334. The van der Waals surface area contributed by atoms with Crippen LogP contribution in [0.15, 0.2) is 18.7 Å². The Morgan fingerprint density at radius 2 is 1.77 bits per heavy atom. The van der Waals surface area contributed by atoms with Gasteiger partial charge in [0.2, 0.25) is 5.91 Å². The number of hydrogen-bond acceptors (Lipinski definition) is 5. The first-order chi connectivity index (χ1) is 12.6. The van der Waals surface area contributed by atoms with Gasteiger partial charge in [-0.05, 0) is 63.5 Å². The van der Waals surface area contributed by atoms with E-state index in [0.717, 1.165) is 58.3 Å². The van der Waals surface area contributed by atoms with E-state index in [-0.39, 0.29) is 6.10 Å². The summed E-state index contributed by atoms with van der Waals surface area (Å²) in [7, 11) is 0. The van der Waals surface area contributed by atoms with Crippen LogP contribution in [0.1, 0.15) is 56.9 Å². The normalized spacial score (nSPS) is 29.9. The maximum atomic E-state index is 12.5. The summed E-state index contributed by atoms with van der Waals surface area (Å²) in [6, 6.07) is 0.350. The van der Waals surface area contributed by atoms with Crippen LogP contribution >= 0.6 is 0 Å². The predicted octanol–water partition coefficient (Wildman–Crippen LogP) is 1.98. The highest BCUT2D eigenvalue weighted by Crippen LogP contribution is 2.42. The molecule has 6 nitrogen and oxygen atoms in total. The molecule has 1 N–H and O–H groups in total. The van der Waals surface area contributed by atoms with Crippen LogP contribution in [0.5, 0.6) is 0 Å². The van der Waals surface area contributed by atoms with E-state index in [9.17, 15) is 9.90 Å². The SMILES string of the molecule is O=C1CCC2(CCN(Cc3cncnc3)CC2)CN1C1CCC(O)CC1. The fraction of sp³-hybridized carbons (Fsp3) is 0.750. The van der Waals surface area contributed by atoms with Gasteiger partial charge in [0.1, 0.15) is 6.33 Å². The van der Waals surface area contributed by atoms with Gasteiger partial charge in [-0.25, -0.2) is 9.97 Å². The molecule has 0 bridgehead atoms. The molecule has 6 heteroatoms. The zero-order valence-electron chi connectivity index (χ0n) is 15.5. The van der Waals surface area contributed by atoms with E-state index in [2.05, 4.69) is 19.8 Å². The zero-order valence-corrected chi connectivity index (χ0v) is 15.5. The molecule has 1 aromatic heterocycles. The van der Waals surface area contributed by atoms with Crippen molar-refractivity contribution in [1.82, 2.24) is 19.8 Å². The Kier molecular flexibility index (Phi) is 5.23. The van der Waals surface area contributed by atoms with E-state index in [1.54, 1.807) is 6.33 Å². The maximum absolute atomic E-state index is 12.5. The third kappa shape index (κ3) is 3.91. The third-order valence-corrected chi connectivity index (χ3v) is 6.74. The number of aromatic nitrogens is 2. The molecule has 1 aliphatic carbocycles. The van der Waals surface area contributed by atoms with Crippen molar-refractivity contribution >= 4 is 5.91 Å². The molecule has 3 fully saturated rings. The molecule has 4 rings (SSSR count). The molecule has 142 valence electrons. The summed E-state index contributed by atoms with van der Waals surface area (Å²) in [4.78, 5) is 25.4. The lowest BCUT2D eigenvalue weighted by atomic mass is 9.71. The number of aliphatic hydroxyl groups excluding tert-OH is 1. The molecule has 1 amide bonds. The van der Waals surface area contributed by atoms with Gasteiger partial charge in [-0.15, -0.1) is 0 Å². The van der Waals surface area contributed by atoms with Crippen molar-refractivity contribution in [3.8, 4) is 0 Å². The highest BCUT2D eigenvalue weighted by molar-refractivity contribution is 5.77. The first-order valence-corrected chi connectivity index (χ1v) is 10.1. The summed E-state index contributed by atoms with van der Waals surface area (Å²) >= 11 is 0. The fourth-order valence-corrected chi connectivity index (χ4v) is 5.01. The van der Waals surface area contributed by atoms with Gasteiger partial charge in [0.05, 0.1) is 6.10 Å². The van der Waals surface area contributed by atoms with Crippen molar-refractivity contribution < 1.29 is 9.90 Å². The van der Waals surface area contributed by atoms with Gasteiger partial charge in [-0.1, -0.05) is 0 Å². The number of piperidine rings is 2. The van der Waals surface area contributed by atoms with Gasteiger partial charge in [0.15, 0.2) is 0 Å². The molecule has 3 aliphatic rings. The van der Waals surface area contributed by atoms with Crippen LogP contribution in [0.25, 0.3) is 0 Å². The van der Waals surface area contributed by atoms with Crippen LogP contribution in [0.3, 0.4) is 0 Å². The van der Waals surface area contributed by atoms with E-state index >= 15 is 0 Å². The number of rotatable bonds is 3. The lowest BCUT2D eigenvalue weighted by Gasteiger charge is -2.50. The molecule has 0 atom stereocenters. The Morgan fingerprint density at radius 3 is 2.46 bits per heavy atom. The van der Waals surface area contributed by atoms with Crippen LogP contribution in [0.4, 0.5) is 0 Å². The molecule has 1 spiro atoms. The number of hydrogen-bond donors (Lipinski definition) is 1. The third-order valence-electron chi connectivity index (χ3n) is 6.74. The first kappa shape index (κ1) is 17.9. The summed E-state index contributed by atoms with van der Waals surface area (Å²) in [6.07, 6.45) is 12.9. The molecule has 0 aromatic carbocycles. The topological polar surface area (TPSA) is 69.6 Å². The number of aliphatic hydroxyl groups is 1. The zero-order chi connectivity index (χ0) is 18.0. The van der Waals surface area contributed by atoms with Gasteiger partial charge in [-0.3, -0.25) is 9.69 Å². The van der Waals surface area contributed by atoms with Crippen molar-refractivity contribution in [1.29, 1.82) is 0 Å². The van der Waals surface area contributed by atoms with E-state index in [4.69, 9.17) is 0 Å². The molecule has 0 unspecified atom stereocenters. The monoisotopic (exact) mass is 358 g/mol. The second kappa shape index (κ2) is 7.61. The van der Waals surface area contributed by atoms with Crippen LogP contribution in [-0.2, 0) is 11.3 Å². The van der Waals surface area contributed by atoms with Gasteiger partial charge in [-0.2, -0.15) is 0 Å². The molecule has 2 saturated heterocycles. The molecule has 1 aromatic rings. The van der Waals surface area contributed by atoms with Crippen molar-refractivity contribution in [2.24, 2.45) is 5.41 Å². The van der Waals surface area contributed by atoms with E-state index in [0.29, 0.717) is 23.8 Å². The van der Waals surface area contributed by atoms with Crippen molar-refractivity contribution in [2.45, 2.75) is 70.1 Å². The smallest absolute Gasteiger partial charge is 0.222 e. The Morgan fingerprint density at radius 1 is 1.08 bits per heavy atom. The van der Waals surface area contributed by atoms with E-state index in [1.165, 1.54) is 18.4 Å². The van der Waals surface area contributed by atoms with Gasteiger partial charge in [0.25, 0.3) is 0 Å². The highest BCUT2D eigenvalue weighted by atomic mass is 16.3. The van der Waals surface area contributed by atoms with Crippen LogP contribution in [0, 0.1) is 5.41 Å². The fourth-order valence-electron chi connectivity index (χ4n) is 5.01. The minimum Gasteiger partial charge on any atom is -0.393 e. The molecule has 0 radical (unpaired) electrons. The second-order valence-electron chi connectivity index (χ2n) is 8.51. The van der Waals surface area contributed by atoms with Gasteiger partial charge in [0, 0.05) is 43.5 Å². The quantitative estimate of drug-likeness (QED) is 0.895. The molecule has 1 saturated carbocycles. The standard InChI is InChI=1S/C20H30N4O2/c25-18-3-1-17(2-4-18)24-14-20(6-5-19(24)26)7-9-23(10-8-20)13-16-11-21-15-22-12-16/h11-12,15,17-18,25H,1-10,13-14H2. The number of likely N-dealkylation sites (tertiary alicyclic amines) is 2. The van der Waals surface area contributed by atoms with Crippen LogP contribution in [-0.4, -0.2) is 62.6 Å². The van der Waals surface area contributed by atoms with Gasteiger partial charge < -0.3 is 10.0 Å². The Balaban J connectivity index is 1.35. The van der Waals surface area contributed by atoms with E-state index in [1.807, 2.05) is 12.4 Å². The summed E-state index contributed by atoms with van der Waals surface area (Å²) in [6.45, 7) is 4.01. The molecular formula is C20H30N4O2. The molecule has 26 heavy (non-hydrogen) atoms. The largest absolute Gasteiger partial charge is 0.393 e. The van der Waals surface area contributed by atoms with Gasteiger partial charge >= 0.3 is 0 Å². The number of nitrogens with zero attached hydrogens (tertiary/aromatic N) is 4. The number of carbonyl (C=O) groups is 1. The summed E-state index contributed by atoms with van der Waals surface area (Å²) in [5, 5.41) is 9.77. The Hall–Kier alpha value is -1.53. The van der Waals surface area contributed by atoms with Crippen molar-refractivity contribution in [3.63, 3.8) is 0 Å². The average Bonchev–Trinajstić information content (AvgIpc) is 2.68. The van der Waals surface area contributed by atoms with E-state index < -0.39 is 0 Å². The summed E-state index contributed by atoms with van der Waals surface area (Å²) in [5.41, 5.74) is 1.47. The van der Waals surface area contributed by atoms with Crippen molar-refractivity contribution in [2.75, 3.05) is 19.6 Å². The highest BCUT2D eigenvalue weighted by Gasteiger charge is 2.43. The minimum atomic E-state index is -0.162. The molecule has 3 heterocycles. The van der Waals surface area contributed by atoms with Crippen molar-refractivity contribution in [3.05, 3.63) is 24.3 Å². The second-order valence-corrected chi connectivity index (χ2v) is 8.51. The lowest BCUT2D eigenvalue weighted by molar-refractivity contribution is -0.143. The Bertz CT molecular complexity index is 607. The minimum absolute atomic E-state index is 0.162. The molecule has 2 aliphatic heterocycles. The number of amides is 1. The number of carbonyl (C=O) groups excluding carboxylic acids is 1. The average molecular weight is 358 g/mol. The predicted molar refractivity (Wildman–Crippen MR) is 98.2 cm³/mol. The lowest BCUT2D eigenvalue weighted by Crippen LogP contribution is -2.55. The maximum Gasteiger partial charge on any atom is 0.222 e. The summed E-state index contributed by atoms with van der Waals surface area (Å²) < 4.78 is 0. The first-order valence-electron chi connectivity index (χ1n) is 10.1. The molecular weight excluding hydrogens is 328 g/mol. The Labute approximate surface area is 155 Å². The van der Waals surface area contributed by atoms with Crippen LogP contribution in [0.2, 0.25) is 0 Å². The van der Waals surface area contributed by atoms with Crippen LogP contribution < -0.4 is 0 Å².